The van der Waals surface area contributed by atoms with E-state index >= 15 is 0 Å². The summed E-state index contributed by atoms with van der Waals surface area (Å²) in [4.78, 5) is 26.0. The van der Waals surface area contributed by atoms with Gasteiger partial charge in [0.1, 0.15) is 0 Å². The van der Waals surface area contributed by atoms with Crippen molar-refractivity contribution in [3.8, 4) is 0 Å². The van der Waals surface area contributed by atoms with Crippen LogP contribution in [0.25, 0.3) is 0 Å². The van der Waals surface area contributed by atoms with Crippen molar-refractivity contribution in [1.29, 1.82) is 0 Å². The molecular formula is C34H41N3O7. The lowest BCUT2D eigenvalue weighted by atomic mass is 9.81. The SMILES string of the molecule is CCO[C@H]1OC(C(=O)NCc2ccc(C(=O)Nc3ccccc3N)cc2)=C[C@@H](c2ccccc2)[C@H]1CCOCCOCCO. The van der Waals surface area contributed by atoms with Crippen LogP contribution in [0, 0.1) is 5.92 Å². The van der Waals surface area contributed by atoms with Crippen molar-refractivity contribution in [2.45, 2.75) is 32.1 Å². The van der Waals surface area contributed by atoms with Crippen molar-refractivity contribution in [2.75, 3.05) is 50.7 Å². The van der Waals surface area contributed by atoms with Gasteiger partial charge in [0.05, 0.1) is 37.8 Å². The molecule has 0 fully saturated rings. The van der Waals surface area contributed by atoms with Gasteiger partial charge in [-0.2, -0.15) is 0 Å². The number of para-hydroxylation sites is 2. The number of allylic oxidation sites excluding steroid dienone is 1. The molecule has 0 spiro atoms. The Bertz CT molecular complexity index is 1360. The van der Waals surface area contributed by atoms with Gasteiger partial charge in [-0.15, -0.1) is 0 Å². The van der Waals surface area contributed by atoms with Crippen LogP contribution in [-0.4, -0.2) is 62.9 Å². The lowest BCUT2D eigenvalue weighted by molar-refractivity contribution is -0.168. The number of aliphatic hydroxyl groups excluding tert-OH is 1. The second-order valence-corrected chi connectivity index (χ2v) is 10.2. The molecule has 0 saturated heterocycles. The molecule has 2 amide bonds. The highest BCUT2D eigenvalue weighted by Crippen LogP contribution is 2.38. The van der Waals surface area contributed by atoms with Crippen molar-refractivity contribution in [3.63, 3.8) is 0 Å². The average molecular weight is 604 g/mol. The van der Waals surface area contributed by atoms with E-state index in [4.69, 9.17) is 29.8 Å². The predicted octanol–water partition coefficient (Wildman–Crippen LogP) is 4.23. The van der Waals surface area contributed by atoms with E-state index in [1.807, 2.05) is 43.3 Å². The van der Waals surface area contributed by atoms with Gasteiger partial charge in [0.2, 0.25) is 6.29 Å². The predicted molar refractivity (Wildman–Crippen MR) is 168 cm³/mol. The van der Waals surface area contributed by atoms with Gasteiger partial charge in [-0.3, -0.25) is 9.59 Å². The van der Waals surface area contributed by atoms with E-state index in [0.29, 0.717) is 49.8 Å². The van der Waals surface area contributed by atoms with Gasteiger partial charge < -0.3 is 40.4 Å². The van der Waals surface area contributed by atoms with Crippen molar-refractivity contribution >= 4 is 23.2 Å². The van der Waals surface area contributed by atoms with E-state index < -0.39 is 6.29 Å². The summed E-state index contributed by atoms with van der Waals surface area (Å²) in [5, 5.41) is 14.6. The lowest BCUT2D eigenvalue weighted by Gasteiger charge is -2.37. The number of rotatable bonds is 16. The molecule has 0 saturated carbocycles. The standard InChI is InChI=1S/C34H41N3O7/c1-2-43-34-27(16-18-41-20-21-42-19-17-38)28(25-8-4-3-5-9-25)22-31(44-34)33(40)36-23-24-12-14-26(15-13-24)32(39)37-30-11-7-6-10-29(30)35/h3-15,22,27-28,34,38H,2,16-21,23,35H2,1H3,(H,36,40)(H,37,39)/t27-,28+,34+/m1/s1. The molecule has 3 atom stereocenters. The Morgan fingerprint density at radius 1 is 0.886 bits per heavy atom. The summed E-state index contributed by atoms with van der Waals surface area (Å²) >= 11 is 0. The normalized spacial score (nSPS) is 17.8. The number of ether oxygens (including phenoxy) is 4. The first-order valence-electron chi connectivity index (χ1n) is 14.8. The van der Waals surface area contributed by atoms with Gasteiger partial charge >= 0.3 is 0 Å². The Labute approximate surface area is 258 Å². The highest BCUT2D eigenvalue weighted by molar-refractivity contribution is 6.05. The fourth-order valence-electron chi connectivity index (χ4n) is 4.95. The number of amides is 2. The van der Waals surface area contributed by atoms with E-state index in [9.17, 15) is 9.59 Å². The number of nitrogens with one attached hydrogen (secondary N) is 2. The van der Waals surface area contributed by atoms with Gasteiger partial charge in [0.15, 0.2) is 5.76 Å². The van der Waals surface area contributed by atoms with Gasteiger partial charge in [-0.05, 0) is 54.8 Å². The third kappa shape index (κ3) is 9.39. The second-order valence-electron chi connectivity index (χ2n) is 10.2. The van der Waals surface area contributed by atoms with Gasteiger partial charge in [0, 0.05) is 37.2 Å². The summed E-state index contributed by atoms with van der Waals surface area (Å²) in [6.07, 6.45) is 1.87. The molecular weight excluding hydrogens is 562 g/mol. The van der Waals surface area contributed by atoms with Crippen LogP contribution in [0.15, 0.2) is 90.7 Å². The van der Waals surface area contributed by atoms with Crippen LogP contribution in [-0.2, 0) is 30.3 Å². The molecule has 0 aliphatic carbocycles. The van der Waals surface area contributed by atoms with E-state index in [0.717, 1.165) is 11.1 Å². The topological polar surface area (TPSA) is 141 Å². The first-order valence-corrected chi connectivity index (χ1v) is 14.8. The summed E-state index contributed by atoms with van der Waals surface area (Å²) in [6, 6.07) is 24.0. The molecule has 0 radical (unpaired) electrons. The minimum atomic E-state index is -0.637. The Kier molecular flexibility index (Phi) is 12.8. The van der Waals surface area contributed by atoms with Crippen LogP contribution in [0.5, 0.6) is 0 Å². The van der Waals surface area contributed by atoms with E-state index in [-0.39, 0.29) is 49.2 Å². The van der Waals surface area contributed by atoms with E-state index in [1.165, 1.54) is 0 Å². The lowest BCUT2D eigenvalue weighted by Crippen LogP contribution is -2.39. The zero-order valence-corrected chi connectivity index (χ0v) is 24.9. The monoisotopic (exact) mass is 603 g/mol. The van der Waals surface area contributed by atoms with Crippen molar-refractivity contribution < 1.29 is 33.6 Å². The number of benzene rings is 3. The molecule has 44 heavy (non-hydrogen) atoms. The molecule has 1 aliphatic heterocycles. The Morgan fingerprint density at radius 2 is 1.59 bits per heavy atom. The molecule has 1 heterocycles. The molecule has 0 unspecified atom stereocenters. The largest absolute Gasteiger partial charge is 0.459 e. The maximum atomic E-state index is 13.3. The zero-order chi connectivity index (χ0) is 31.1. The average Bonchev–Trinajstić information content (AvgIpc) is 3.05. The smallest absolute Gasteiger partial charge is 0.286 e. The van der Waals surface area contributed by atoms with Crippen LogP contribution in [0.2, 0.25) is 0 Å². The van der Waals surface area contributed by atoms with E-state index in [2.05, 4.69) is 10.6 Å². The fraction of sp³-hybridized carbons (Fsp3) is 0.353. The number of nitrogen functional groups attached to an aromatic ring is 1. The number of carbonyl (C=O) groups is 2. The van der Waals surface area contributed by atoms with E-state index in [1.54, 1.807) is 48.5 Å². The molecule has 10 nitrogen and oxygen atoms in total. The number of hydrogen-bond donors (Lipinski definition) is 4. The van der Waals surface area contributed by atoms with Crippen molar-refractivity contribution in [2.24, 2.45) is 5.92 Å². The minimum absolute atomic E-state index is 0.0209. The highest BCUT2D eigenvalue weighted by atomic mass is 16.7. The summed E-state index contributed by atoms with van der Waals surface area (Å²) < 4.78 is 23.1. The highest BCUT2D eigenvalue weighted by Gasteiger charge is 2.38. The Balaban J connectivity index is 1.39. The summed E-state index contributed by atoms with van der Waals surface area (Å²) in [7, 11) is 0. The van der Waals surface area contributed by atoms with Crippen LogP contribution in [0.4, 0.5) is 11.4 Å². The summed E-state index contributed by atoms with van der Waals surface area (Å²) in [5.74, 6) is -0.649. The number of nitrogens with two attached hydrogens (primary N) is 1. The van der Waals surface area contributed by atoms with Gasteiger partial charge in [-0.1, -0.05) is 54.6 Å². The van der Waals surface area contributed by atoms with Crippen LogP contribution in [0.1, 0.15) is 40.7 Å². The molecule has 10 heteroatoms. The van der Waals surface area contributed by atoms with Crippen LogP contribution in [0.3, 0.4) is 0 Å². The maximum absolute atomic E-state index is 13.3. The number of anilines is 2. The van der Waals surface area contributed by atoms with Gasteiger partial charge in [-0.25, -0.2) is 0 Å². The number of aliphatic hydroxyl groups is 1. The first kappa shape index (κ1) is 32.7. The van der Waals surface area contributed by atoms with Crippen LogP contribution >= 0.6 is 0 Å². The molecule has 0 bridgehead atoms. The van der Waals surface area contributed by atoms with Crippen LogP contribution < -0.4 is 16.4 Å². The third-order valence-electron chi connectivity index (χ3n) is 7.21. The molecule has 0 aromatic heterocycles. The molecule has 4 rings (SSSR count). The summed E-state index contributed by atoms with van der Waals surface area (Å²) in [5.41, 5.74) is 9.31. The maximum Gasteiger partial charge on any atom is 0.286 e. The molecule has 234 valence electrons. The van der Waals surface area contributed by atoms with Crippen molar-refractivity contribution in [3.05, 3.63) is 107 Å². The Morgan fingerprint density at radius 3 is 2.30 bits per heavy atom. The minimum Gasteiger partial charge on any atom is -0.459 e. The first-order chi connectivity index (χ1) is 21.5. The quantitative estimate of drug-likeness (QED) is 0.141. The van der Waals surface area contributed by atoms with Crippen molar-refractivity contribution in [1.82, 2.24) is 5.32 Å². The van der Waals surface area contributed by atoms with Gasteiger partial charge in [0.25, 0.3) is 11.8 Å². The molecule has 1 aliphatic rings. The number of hydrogen-bond acceptors (Lipinski definition) is 8. The molecule has 3 aromatic rings. The Hall–Kier alpha value is -4.22. The molecule has 3 aromatic carbocycles. The second kappa shape index (κ2) is 17.2. The molecule has 5 N–H and O–H groups in total. The fourth-order valence-corrected chi connectivity index (χ4v) is 4.95. The zero-order valence-electron chi connectivity index (χ0n) is 24.9. The third-order valence-corrected chi connectivity index (χ3v) is 7.21. The summed E-state index contributed by atoms with van der Waals surface area (Å²) in [6.45, 7) is 4.11. The number of carbonyl (C=O) groups excluding carboxylic acids is 2.